The van der Waals surface area contributed by atoms with Gasteiger partial charge in [-0.1, -0.05) is 12.1 Å². The second kappa shape index (κ2) is 4.99. The summed E-state index contributed by atoms with van der Waals surface area (Å²) in [5.74, 6) is -3.73. The smallest absolute Gasteiger partial charge is 0.504 e. The summed E-state index contributed by atoms with van der Waals surface area (Å²) in [5, 5.41) is 9.28. The van der Waals surface area contributed by atoms with Crippen LogP contribution in [0.4, 0.5) is 22.0 Å². The first-order valence-corrected chi connectivity index (χ1v) is 5.30. The number of rotatable bonds is 2. The van der Waals surface area contributed by atoms with E-state index in [-0.39, 0.29) is 11.1 Å². The number of aromatic hydroxyl groups is 1. The van der Waals surface area contributed by atoms with E-state index >= 15 is 0 Å². The second-order valence-corrected chi connectivity index (χ2v) is 3.86. The number of alkyl halides is 3. The molecular weight excluding hydrogens is 283 g/mol. The maximum atomic E-state index is 13.1. The van der Waals surface area contributed by atoms with Crippen molar-refractivity contribution in [1.29, 1.82) is 0 Å². The Morgan fingerprint density at radius 2 is 1.45 bits per heavy atom. The van der Waals surface area contributed by atoms with E-state index in [1.165, 1.54) is 12.1 Å². The number of ether oxygens (including phenoxy) is 1. The molecule has 2 nitrogen and oxygen atoms in total. The van der Waals surface area contributed by atoms with Crippen molar-refractivity contribution in [2.75, 3.05) is 0 Å². The minimum Gasteiger partial charge on any atom is -0.504 e. The Balaban J connectivity index is 2.42. The highest BCUT2D eigenvalue weighted by Crippen LogP contribution is 2.35. The van der Waals surface area contributed by atoms with Crippen molar-refractivity contribution < 1.29 is 31.8 Å². The number of phenols is 1. The lowest BCUT2D eigenvalue weighted by molar-refractivity contribution is -0.275. The van der Waals surface area contributed by atoms with Gasteiger partial charge in [-0.15, -0.1) is 13.2 Å². The summed E-state index contributed by atoms with van der Waals surface area (Å²) in [7, 11) is 0. The fourth-order valence-corrected chi connectivity index (χ4v) is 1.58. The van der Waals surface area contributed by atoms with Crippen LogP contribution in [0.2, 0.25) is 0 Å². The van der Waals surface area contributed by atoms with Crippen molar-refractivity contribution in [3.63, 3.8) is 0 Å². The third-order valence-electron chi connectivity index (χ3n) is 2.44. The fourth-order valence-electron chi connectivity index (χ4n) is 1.58. The molecule has 0 unspecified atom stereocenters. The van der Waals surface area contributed by atoms with E-state index in [0.29, 0.717) is 0 Å². The van der Waals surface area contributed by atoms with Gasteiger partial charge < -0.3 is 9.84 Å². The Morgan fingerprint density at radius 1 is 0.850 bits per heavy atom. The van der Waals surface area contributed by atoms with Crippen LogP contribution >= 0.6 is 0 Å². The number of phenolic OH excluding ortho intramolecular Hbond substituents is 1. The summed E-state index contributed by atoms with van der Waals surface area (Å²) in [6.45, 7) is 0. The summed E-state index contributed by atoms with van der Waals surface area (Å²) in [4.78, 5) is 0. The summed E-state index contributed by atoms with van der Waals surface area (Å²) in [6, 6.07) is 5.99. The summed E-state index contributed by atoms with van der Waals surface area (Å²) in [6.07, 6.45) is -4.97. The molecule has 0 heterocycles. The van der Waals surface area contributed by atoms with Gasteiger partial charge in [0.05, 0.1) is 0 Å². The SMILES string of the molecule is Oc1ccc(-c2ccc(F)c(F)c2)cc1OC(F)(F)F. The van der Waals surface area contributed by atoms with E-state index in [9.17, 15) is 27.1 Å². The molecule has 0 fully saturated rings. The molecule has 0 radical (unpaired) electrons. The minimum atomic E-state index is -4.97. The molecule has 2 rings (SSSR count). The molecular formula is C13H7F5O2. The molecule has 0 aliphatic heterocycles. The number of hydrogen-bond acceptors (Lipinski definition) is 2. The maximum absolute atomic E-state index is 13.1. The van der Waals surface area contributed by atoms with Crippen molar-refractivity contribution in [2.24, 2.45) is 0 Å². The maximum Gasteiger partial charge on any atom is 0.573 e. The largest absolute Gasteiger partial charge is 0.573 e. The zero-order chi connectivity index (χ0) is 14.9. The van der Waals surface area contributed by atoms with Crippen LogP contribution in [-0.2, 0) is 0 Å². The normalized spacial score (nSPS) is 11.4. The molecule has 0 aliphatic rings. The van der Waals surface area contributed by atoms with Crippen LogP contribution < -0.4 is 4.74 Å². The highest BCUT2D eigenvalue weighted by Gasteiger charge is 2.32. The van der Waals surface area contributed by atoms with Crippen LogP contribution in [0.3, 0.4) is 0 Å². The lowest BCUT2D eigenvalue weighted by atomic mass is 10.0. The zero-order valence-corrected chi connectivity index (χ0v) is 9.71. The van der Waals surface area contributed by atoms with E-state index in [4.69, 9.17) is 0 Å². The zero-order valence-electron chi connectivity index (χ0n) is 9.71. The molecule has 0 amide bonds. The average Bonchev–Trinajstić information content (AvgIpc) is 2.34. The molecule has 2 aromatic rings. The van der Waals surface area contributed by atoms with Crippen LogP contribution in [0.25, 0.3) is 11.1 Å². The Labute approximate surface area is 110 Å². The van der Waals surface area contributed by atoms with E-state index in [2.05, 4.69) is 4.74 Å². The molecule has 0 saturated carbocycles. The minimum absolute atomic E-state index is 0.140. The van der Waals surface area contributed by atoms with Gasteiger partial charge in [0.1, 0.15) is 0 Å². The number of halogens is 5. The van der Waals surface area contributed by atoms with Crippen LogP contribution in [0.15, 0.2) is 36.4 Å². The molecule has 0 spiro atoms. The molecule has 0 aromatic heterocycles. The predicted molar refractivity (Wildman–Crippen MR) is 60.1 cm³/mol. The first-order valence-electron chi connectivity index (χ1n) is 5.30. The third kappa shape index (κ3) is 3.17. The highest BCUT2D eigenvalue weighted by molar-refractivity contribution is 5.67. The van der Waals surface area contributed by atoms with Crippen molar-refractivity contribution >= 4 is 0 Å². The third-order valence-corrected chi connectivity index (χ3v) is 2.44. The summed E-state index contributed by atoms with van der Waals surface area (Å²) in [5.41, 5.74) is 0.289. The molecule has 1 N–H and O–H groups in total. The van der Waals surface area contributed by atoms with Crippen molar-refractivity contribution in [2.45, 2.75) is 6.36 Å². The molecule has 0 aliphatic carbocycles. The van der Waals surface area contributed by atoms with Crippen LogP contribution in [-0.4, -0.2) is 11.5 Å². The van der Waals surface area contributed by atoms with Gasteiger partial charge in [0.15, 0.2) is 23.1 Å². The van der Waals surface area contributed by atoms with Crippen molar-refractivity contribution in [3.05, 3.63) is 48.0 Å². The van der Waals surface area contributed by atoms with Crippen LogP contribution in [0, 0.1) is 11.6 Å². The van der Waals surface area contributed by atoms with Gasteiger partial charge in [0.25, 0.3) is 0 Å². The fraction of sp³-hybridized carbons (Fsp3) is 0.0769. The Bertz CT molecular complexity index is 637. The molecule has 0 bridgehead atoms. The molecule has 106 valence electrons. The number of benzene rings is 2. The second-order valence-electron chi connectivity index (χ2n) is 3.86. The predicted octanol–water partition coefficient (Wildman–Crippen LogP) is 4.24. The quantitative estimate of drug-likeness (QED) is 0.838. The van der Waals surface area contributed by atoms with Gasteiger partial charge >= 0.3 is 6.36 Å². The average molecular weight is 290 g/mol. The van der Waals surface area contributed by atoms with Crippen LogP contribution in [0.5, 0.6) is 11.5 Å². The first kappa shape index (κ1) is 14.1. The topological polar surface area (TPSA) is 29.5 Å². The lowest BCUT2D eigenvalue weighted by Crippen LogP contribution is -2.17. The summed E-state index contributed by atoms with van der Waals surface area (Å²) < 4.78 is 65.9. The Hall–Kier alpha value is -2.31. The summed E-state index contributed by atoms with van der Waals surface area (Å²) >= 11 is 0. The molecule has 20 heavy (non-hydrogen) atoms. The van der Waals surface area contributed by atoms with Gasteiger partial charge in [-0.25, -0.2) is 8.78 Å². The molecule has 2 aromatic carbocycles. The molecule has 0 saturated heterocycles. The highest BCUT2D eigenvalue weighted by atomic mass is 19.4. The Kier molecular flexibility index (Phi) is 3.52. The first-order chi connectivity index (χ1) is 9.26. The van der Waals surface area contributed by atoms with Gasteiger partial charge in [0.2, 0.25) is 0 Å². The standard InChI is InChI=1S/C13H7F5O2/c14-9-3-1-7(5-10(9)15)8-2-4-11(19)12(6-8)20-13(16,17)18/h1-6,19H. The van der Waals surface area contributed by atoms with E-state index in [0.717, 1.165) is 24.3 Å². The van der Waals surface area contributed by atoms with E-state index < -0.39 is 29.5 Å². The van der Waals surface area contributed by atoms with Crippen molar-refractivity contribution in [1.82, 2.24) is 0 Å². The lowest BCUT2D eigenvalue weighted by Gasteiger charge is -2.12. The van der Waals surface area contributed by atoms with E-state index in [1.54, 1.807) is 0 Å². The van der Waals surface area contributed by atoms with Gasteiger partial charge in [-0.3, -0.25) is 0 Å². The Morgan fingerprint density at radius 3 is 2.05 bits per heavy atom. The molecule has 0 atom stereocenters. The van der Waals surface area contributed by atoms with Crippen LogP contribution in [0.1, 0.15) is 0 Å². The van der Waals surface area contributed by atoms with Gasteiger partial charge in [-0.05, 0) is 35.4 Å². The monoisotopic (exact) mass is 290 g/mol. The molecule has 7 heteroatoms. The van der Waals surface area contributed by atoms with E-state index in [1.807, 2.05) is 0 Å². The van der Waals surface area contributed by atoms with Gasteiger partial charge in [0, 0.05) is 0 Å². The van der Waals surface area contributed by atoms with Crippen molar-refractivity contribution in [3.8, 4) is 22.6 Å². The van der Waals surface area contributed by atoms with Gasteiger partial charge in [-0.2, -0.15) is 0 Å². The number of hydrogen-bond donors (Lipinski definition) is 1.